The Labute approximate surface area is 202 Å². The number of carbonyl (C=O) groups is 1. The van der Waals surface area contributed by atoms with E-state index in [2.05, 4.69) is 6.58 Å². The summed E-state index contributed by atoms with van der Waals surface area (Å²) in [5.41, 5.74) is 0.331. The van der Waals surface area contributed by atoms with Crippen molar-refractivity contribution in [3.63, 3.8) is 0 Å². The van der Waals surface area contributed by atoms with E-state index in [-0.39, 0.29) is 5.92 Å². The predicted octanol–water partition coefficient (Wildman–Crippen LogP) is 3.53. The van der Waals surface area contributed by atoms with Crippen LogP contribution in [0.1, 0.15) is 30.6 Å². The Balaban J connectivity index is 0.000000268. The summed E-state index contributed by atoms with van der Waals surface area (Å²) in [6.07, 6.45) is 1.45. The van der Waals surface area contributed by atoms with E-state index < -0.39 is 25.9 Å². The quantitative estimate of drug-likeness (QED) is 0.258. The van der Waals surface area contributed by atoms with Gasteiger partial charge in [0.2, 0.25) is 0 Å². The fraction of sp³-hybridized carbons (Fsp3) is 0.222. The van der Waals surface area contributed by atoms with Gasteiger partial charge in [0.15, 0.2) is 0 Å². The third-order valence-electron chi connectivity index (χ3n) is 5.05. The Hall–Kier alpha value is -2.86. The molecule has 0 fully saturated rings. The first-order chi connectivity index (χ1) is 16.1. The molecular weight excluding hydrogens is 451 g/mol. The Morgan fingerprint density at radius 1 is 0.794 bits per heavy atom. The van der Waals surface area contributed by atoms with E-state index in [1.807, 2.05) is 36.4 Å². The first-order valence-electron chi connectivity index (χ1n) is 10.9. The fourth-order valence-corrected chi connectivity index (χ4v) is 4.73. The number of aliphatic hydroxyl groups is 2. The molecule has 0 spiro atoms. The second kappa shape index (κ2) is 15.1. The molecule has 2 atom stereocenters. The van der Waals surface area contributed by atoms with Crippen LogP contribution in [0.2, 0.25) is 0 Å². The van der Waals surface area contributed by atoms with Crippen LogP contribution in [0.15, 0.2) is 104 Å². The van der Waals surface area contributed by atoms with Crippen molar-refractivity contribution < 1.29 is 29.9 Å². The number of aromatic carboxylic acids is 1. The topological polar surface area (TPSA) is 118 Å². The molecule has 0 amide bonds. The fourth-order valence-electron chi connectivity index (χ4n) is 3.08. The molecule has 0 saturated carbocycles. The standard InChI is InChI=1S/C12H13O2P.C8H16O2.C7H6O2/c13-15(14,11-7-3-1-4-8-11)12-9-5-2-6-10-12;1-4-5-8(6(2)9)7(3)10;8-7(9)6-4-2-1-3-5-6/h1-10,13-15H;4,6-10H,1,5H2,2-3H3;1-5H,(H,8,9). The molecule has 184 valence electrons. The second-order valence-corrected chi connectivity index (χ2v) is 10.2. The molecule has 0 aliphatic rings. The van der Waals surface area contributed by atoms with Gasteiger partial charge in [-0.25, -0.2) is 4.79 Å². The summed E-state index contributed by atoms with van der Waals surface area (Å²) in [6.45, 7) is 6.91. The zero-order chi connectivity index (χ0) is 25.6. The molecule has 3 aromatic carbocycles. The van der Waals surface area contributed by atoms with Crippen molar-refractivity contribution >= 4 is 24.3 Å². The van der Waals surface area contributed by atoms with E-state index in [0.29, 0.717) is 22.6 Å². The van der Waals surface area contributed by atoms with Gasteiger partial charge in [-0.1, -0.05) is 24.3 Å². The second-order valence-electron chi connectivity index (χ2n) is 7.74. The van der Waals surface area contributed by atoms with Gasteiger partial charge in [0, 0.05) is 5.92 Å². The third kappa shape index (κ3) is 9.96. The minimum absolute atomic E-state index is 0.0718. The van der Waals surface area contributed by atoms with Crippen LogP contribution in [0.25, 0.3) is 0 Å². The molecule has 0 heterocycles. The Kier molecular flexibility index (Phi) is 13.0. The average Bonchev–Trinajstić information content (AvgIpc) is 2.84. The van der Waals surface area contributed by atoms with E-state index in [9.17, 15) is 14.6 Å². The van der Waals surface area contributed by atoms with Gasteiger partial charge in [0.1, 0.15) is 0 Å². The van der Waals surface area contributed by atoms with Crippen LogP contribution in [0.3, 0.4) is 0 Å². The number of allylic oxidation sites excluding steroid dienone is 1. The van der Waals surface area contributed by atoms with Gasteiger partial charge in [-0.3, -0.25) is 0 Å². The maximum atomic E-state index is 10.2. The molecule has 0 bridgehead atoms. The van der Waals surface area contributed by atoms with E-state index in [0.717, 1.165) is 0 Å². The summed E-state index contributed by atoms with van der Waals surface area (Å²) < 4.78 is 0. The Morgan fingerprint density at radius 3 is 1.38 bits per heavy atom. The van der Waals surface area contributed by atoms with Gasteiger partial charge in [0.25, 0.3) is 0 Å². The molecule has 3 rings (SSSR count). The molecule has 0 saturated heterocycles. The molecular formula is C27H35O6P. The molecule has 0 aliphatic heterocycles. The van der Waals surface area contributed by atoms with Gasteiger partial charge in [0.05, 0.1) is 17.8 Å². The van der Waals surface area contributed by atoms with Crippen molar-refractivity contribution in [2.24, 2.45) is 5.92 Å². The van der Waals surface area contributed by atoms with Crippen LogP contribution in [0, 0.1) is 5.92 Å². The minimum atomic E-state index is -3.46. The molecule has 0 aliphatic carbocycles. The first-order valence-corrected chi connectivity index (χ1v) is 12.8. The van der Waals surface area contributed by atoms with Crippen molar-refractivity contribution in [1.29, 1.82) is 0 Å². The van der Waals surface area contributed by atoms with Gasteiger partial charge < -0.3 is 15.3 Å². The number of hydrogen-bond donors (Lipinski definition) is 5. The van der Waals surface area contributed by atoms with E-state index in [4.69, 9.17) is 15.3 Å². The van der Waals surface area contributed by atoms with Crippen LogP contribution >= 0.6 is 7.72 Å². The van der Waals surface area contributed by atoms with Crippen molar-refractivity contribution in [3.05, 3.63) is 109 Å². The summed E-state index contributed by atoms with van der Waals surface area (Å²) in [7, 11) is -3.46. The molecule has 6 nitrogen and oxygen atoms in total. The zero-order valence-electron chi connectivity index (χ0n) is 19.5. The monoisotopic (exact) mass is 486 g/mol. The van der Waals surface area contributed by atoms with E-state index in [1.165, 1.54) is 0 Å². The average molecular weight is 487 g/mol. The van der Waals surface area contributed by atoms with Crippen LogP contribution in [-0.4, -0.2) is 43.3 Å². The summed E-state index contributed by atoms with van der Waals surface area (Å²) >= 11 is 0. The Morgan fingerprint density at radius 2 is 1.15 bits per heavy atom. The molecule has 7 heteroatoms. The van der Waals surface area contributed by atoms with Crippen LogP contribution in [0.4, 0.5) is 0 Å². The van der Waals surface area contributed by atoms with Crippen LogP contribution in [0.5, 0.6) is 0 Å². The van der Waals surface area contributed by atoms with Gasteiger partial charge in [-0.15, -0.1) is 6.58 Å². The SMILES string of the molecule is C=CCC(C(C)O)C(C)O.O=C(O)c1ccccc1.O[PH](O)(c1ccccc1)c1ccccc1. The molecule has 3 aromatic rings. The van der Waals surface area contributed by atoms with Crippen LogP contribution in [-0.2, 0) is 0 Å². The predicted molar refractivity (Wildman–Crippen MR) is 140 cm³/mol. The number of carboxylic acids is 1. The number of carboxylic acid groups (broad SMARTS) is 1. The number of hydrogen-bond acceptors (Lipinski definition) is 5. The van der Waals surface area contributed by atoms with E-state index in [1.54, 1.807) is 74.5 Å². The molecule has 0 aromatic heterocycles. The molecule has 2 unspecified atom stereocenters. The van der Waals surface area contributed by atoms with Crippen molar-refractivity contribution in [2.75, 3.05) is 0 Å². The summed E-state index contributed by atoms with van der Waals surface area (Å²) in [4.78, 5) is 30.5. The van der Waals surface area contributed by atoms with Gasteiger partial charge >= 0.3 is 94.7 Å². The Bertz CT molecular complexity index is 911. The summed E-state index contributed by atoms with van der Waals surface area (Å²) in [6, 6.07) is 26.3. The van der Waals surface area contributed by atoms with Gasteiger partial charge in [-0.05, 0) is 32.4 Å². The number of aliphatic hydroxyl groups excluding tert-OH is 2. The third-order valence-corrected chi connectivity index (χ3v) is 7.33. The van der Waals surface area contributed by atoms with Crippen molar-refractivity contribution in [2.45, 2.75) is 32.5 Å². The summed E-state index contributed by atoms with van der Waals surface area (Å²) in [5, 5.41) is 27.8. The molecule has 0 radical (unpaired) electrons. The van der Waals surface area contributed by atoms with E-state index >= 15 is 0 Å². The first kappa shape index (κ1) is 29.2. The summed E-state index contributed by atoms with van der Waals surface area (Å²) in [5.74, 6) is -0.951. The maximum absolute atomic E-state index is 10.2. The molecule has 5 N–H and O–H groups in total. The van der Waals surface area contributed by atoms with Crippen molar-refractivity contribution in [1.82, 2.24) is 0 Å². The number of benzene rings is 3. The molecule has 34 heavy (non-hydrogen) atoms. The van der Waals surface area contributed by atoms with Crippen molar-refractivity contribution in [3.8, 4) is 0 Å². The van der Waals surface area contributed by atoms with Gasteiger partial charge in [-0.2, -0.15) is 0 Å². The zero-order valence-corrected chi connectivity index (χ0v) is 20.5. The normalized spacial score (nSPS) is 13.6. The van der Waals surface area contributed by atoms with Crippen LogP contribution < -0.4 is 10.6 Å². The number of rotatable bonds is 7.